The van der Waals surface area contributed by atoms with E-state index < -0.39 is 6.04 Å². The first-order valence-corrected chi connectivity index (χ1v) is 7.02. The number of carbonyl (C=O) groups is 1. The molecule has 0 spiro atoms. The number of aryl methyl sites for hydroxylation is 2. The molecule has 6 nitrogen and oxygen atoms in total. The zero-order valence-electron chi connectivity index (χ0n) is 13.5. The first kappa shape index (κ1) is 21.2. The quantitative estimate of drug-likeness (QED) is 0.891. The van der Waals surface area contributed by atoms with Crippen molar-refractivity contribution in [2.45, 2.75) is 38.8 Å². The Labute approximate surface area is 144 Å². The fourth-order valence-corrected chi connectivity index (χ4v) is 3.07. The molecule has 0 aliphatic carbocycles. The summed E-state index contributed by atoms with van der Waals surface area (Å²) in [4.78, 5) is 14.3. The molecule has 128 valence electrons. The lowest BCUT2D eigenvalue weighted by Crippen LogP contribution is -2.45. The lowest BCUT2D eigenvalue weighted by atomic mass is 10.0. The molecule has 2 rings (SSSR count). The number of rotatable bonds is 4. The van der Waals surface area contributed by atoms with Crippen molar-refractivity contribution < 1.29 is 9.53 Å². The number of hydrogen-bond donors (Lipinski definition) is 1. The van der Waals surface area contributed by atoms with Gasteiger partial charge in [0.05, 0.1) is 18.3 Å². The minimum atomic E-state index is -0.585. The fourth-order valence-electron chi connectivity index (χ4n) is 3.07. The van der Waals surface area contributed by atoms with Gasteiger partial charge in [-0.2, -0.15) is 5.10 Å². The molecule has 2 unspecified atom stereocenters. The summed E-state index contributed by atoms with van der Waals surface area (Å²) >= 11 is 0. The molecule has 2 heterocycles. The van der Waals surface area contributed by atoms with E-state index in [1.807, 2.05) is 30.5 Å². The molecule has 1 amide bonds. The van der Waals surface area contributed by atoms with Crippen LogP contribution in [0.25, 0.3) is 0 Å². The van der Waals surface area contributed by atoms with Gasteiger partial charge in [-0.3, -0.25) is 9.48 Å². The molecule has 2 N–H and O–H groups in total. The Hall–Kier alpha value is -0.820. The van der Waals surface area contributed by atoms with Crippen LogP contribution in [0, 0.1) is 13.8 Å². The first-order chi connectivity index (χ1) is 9.47. The predicted molar refractivity (Wildman–Crippen MR) is 90.7 cm³/mol. The lowest BCUT2D eigenvalue weighted by molar-refractivity contribution is -0.134. The van der Waals surface area contributed by atoms with E-state index in [1.54, 1.807) is 7.11 Å². The van der Waals surface area contributed by atoms with Crippen LogP contribution in [0.4, 0.5) is 0 Å². The second-order valence-corrected chi connectivity index (χ2v) is 5.46. The van der Waals surface area contributed by atoms with E-state index in [1.165, 1.54) is 5.56 Å². The fraction of sp³-hybridized carbons (Fsp3) is 0.714. The Morgan fingerprint density at radius 1 is 1.45 bits per heavy atom. The molecule has 1 fully saturated rings. The second kappa shape index (κ2) is 8.72. The van der Waals surface area contributed by atoms with Gasteiger partial charge in [-0.1, -0.05) is 0 Å². The molecule has 0 aromatic carbocycles. The minimum Gasteiger partial charge on any atom is -0.383 e. The number of aromatic nitrogens is 2. The maximum absolute atomic E-state index is 12.4. The summed E-state index contributed by atoms with van der Waals surface area (Å²) in [6.45, 7) is 5.06. The molecule has 8 heteroatoms. The van der Waals surface area contributed by atoms with Gasteiger partial charge in [0.15, 0.2) is 0 Å². The van der Waals surface area contributed by atoms with Gasteiger partial charge in [0, 0.05) is 32.0 Å². The molecule has 0 saturated carbocycles. The molecular formula is C14H26Cl2N4O2. The highest BCUT2D eigenvalue weighted by atomic mass is 35.5. The number of likely N-dealkylation sites (tertiary alicyclic amines) is 1. The van der Waals surface area contributed by atoms with Gasteiger partial charge >= 0.3 is 0 Å². The number of hydrogen-bond acceptors (Lipinski definition) is 4. The molecule has 1 aromatic rings. The SMILES string of the molecule is COCC(N)C(=O)N1CCCC1c1c(C)nn(C)c1C.Cl.Cl. The average Bonchev–Trinajstić information content (AvgIpc) is 2.95. The molecule has 1 saturated heterocycles. The van der Waals surface area contributed by atoms with Crippen molar-refractivity contribution in [3.63, 3.8) is 0 Å². The molecule has 22 heavy (non-hydrogen) atoms. The molecule has 1 aliphatic heterocycles. The van der Waals surface area contributed by atoms with E-state index in [2.05, 4.69) is 5.10 Å². The topological polar surface area (TPSA) is 73.4 Å². The van der Waals surface area contributed by atoms with Gasteiger partial charge in [0.25, 0.3) is 0 Å². The van der Waals surface area contributed by atoms with E-state index in [-0.39, 0.29) is 43.4 Å². The number of amides is 1. The van der Waals surface area contributed by atoms with Gasteiger partial charge in [0.2, 0.25) is 5.91 Å². The van der Waals surface area contributed by atoms with Crippen LogP contribution in [0.15, 0.2) is 0 Å². The van der Waals surface area contributed by atoms with Crippen molar-refractivity contribution in [2.75, 3.05) is 20.3 Å². The summed E-state index contributed by atoms with van der Waals surface area (Å²) < 4.78 is 6.86. The van der Waals surface area contributed by atoms with Crippen LogP contribution < -0.4 is 5.73 Å². The van der Waals surface area contributed by atoms with E-state index in [0.29, 0.717) is 0 Å². The number of carbonyl (C=O) groups excluding carboxylic acids is 1. The summed E-state index contributed by atoms with van der Waals surface area (Å²) in [6.07, 6.45) is 1.97. The standard InChI is InChI=1S/C14H24N4O2.2ClH/c1-9-13(10(2)17(3)16-9)12-6-5-7-18(12)14(19)11(15)8-20-4;;/h11-12H,5-8,15H2,1-4H3;2*1H. The van der Waals surface area contributed by atoms with E-state index in [9.17, 15) is 4.79 Å². The number of methoxy groups -OCH3 is 1. The highest BCUT2D eigenvalue weighted by Gasteiger charge is 2.35. The van der Waals surface area contributed by atoms with Crippen molar-refractivity contribution in [3.05, 3.63) is 17.0 Å². The summed E-state index contributed by atoms with van der Waals surface area (Å²) in [6, 6.07) is -0.489. The molecule has 2 atom stereocenters. The summed E-state index contributed by atoms with van der Waals surface area (Å²) in [5, 5.41) is 4.45. The maximum atomic E-state index is 12.4. The van der Waals surface area contributed by atoms with Gasteiger partial charge in [-0.05, 0) is 26.7 Å². The van der Waals surface area contributed by atoms with Gasteiger partial charge in [-0.25, -0.2) is 0 Å². The second-order valence-electron chi connectivity index (χ2n) is 5.46. The Bertz CT molecular complexity index is 507. The smallest absolute Gasteiger partial charge is 0.242 e. The summed E-state index contributed by atoms with van der Waals surface area (Å²) in [5.41, 5.74) is 9.17. The van der Waals surface area contributed by atoms with Gasteiger partial charge in [0.1, 0.15) is 6.04 Å². The van der Waals surface area contributed by atoms with Crippen molar-refractivity contribution in [1.29, 1.82) is 0 Å². The third kappa shape index (κ3) is 3.93. The largest absolute Gasteiger partial charge is 0.383 e. The molecule has 1 aromatic heterocycles. The van der Waals surface area contributed by atoms with Crippen LogP contribution in [-0.2, 0) is 16.6 Å². The van der Waals surface area contributed by atoms with E-state index >= 15 is 0 Å². The Morgan fingerprint density at radius 3 is 2.59 bits per heavy atom. The number of ether oxygens (including phenoxy) is 1. The van der Waals surface area contributed by atoms with E-state index in [0.717, 1.165) is 30.8 Å². The molecule has 0 radical (unpaired) electrons. The Balaban J connectivity index is 0.00000220. The van der Waals surface area contributed by atoms with Gasteiger partial charge in [-0.15, -0.1) is 24.8 Å². The highest BCUT2D eigenvalue weighted by Crippen LogP contribution is 2.35. The van der Waals surface area contributed by atoms with Crippen LogP contribution in [0.3, 0.4) is 0 Å². The van der Waals surface area contributed by atoms with Crippen LogP contribution in [0.2, 0.25) is 0 Å². The van der Waals surface area contributed by atoms with E-state index in [4.69, 9.17) is 10.5 Å². The van der Waals surface area contributed by atoms with Gasteiger partial charge < -0.3 is 15.4 Å². The monoisotopic (exact) mass is 352 g/mol. The van der Waals surface area contributed by atoms with Crippen molar-refractivity contribution >= 4 is 30.7 Å². The van der Waals surface area contributed by atoms with Crippen LogP contribution in [-0.4, -0.2) is 46.9 Å². The molecule has 1 aliphatic rings. The van der Waals surface area contributed by atoms with Crippen molar-refractivity contribution in [3.8, 4) is 0 Å². The molecule has 0 bridgehead atoms. The summed E-state index contributed by atoms with van der Waals surface area (Å²) in [7, 11) is 3.49. The third-order valence-electron chi connectivity index (χ3n) is 4.10. The van der Waals surface area contributed by atoms with Crippen LogP contribution in [0.5, 0.6) is 0 Å². The van der Waals surface area contributed by atoms with Crippen LogP contribution in [0.1, 0.15) is 35.8 Å². The van der Waals surface area contributed by atoms with Crippen LogP contribution >= 0.6 is 24.8 Å². The average molecular weight is 353 g/mol. The normalized spacial score (nSPS) is 18.6. The van der Waals surface area contributed by atoms with Crippen molar-refractivity contribution in [2.24, 2.45) is 12.8 Å². The molecular weight excluding hydrogens is 327 g/mol. The zero-order chi connectivity index (χ0) is 14.9. The third-order valence-corrected chi connectivity index (χ3v) is 4.10. The zero-order valence-corrected chi connectivity index (χ0v) is 15.2. The number of nitrogens with two attached hydrogens (primary N) is 1. The predicted octanol–water partition coefficient (Wildman–Crippen LogP) is 1.52. The Morgan fingerprint density at radius 2 is 2.09 bits per heavy atom. The summed E-state index contributed by atoms with van der Waals surface area (Å²) in [5.74, 6) is -0.0306. The Kier molecular flexibility index (Phi) is 8.39. The first-order valence-electron chi connectivity index (χ1n) is 7.02. The lowest BCUT2D eigenvalue weighted by Gasteiger charge is -2.27. The minimum absolute atomic E-state index is 0. The number of halogens is 2. The maximum Gasteiger partial charge on any atom is 0.242 e. The number of nitrogens with zero attached hydrogens (tertiary/aromatic N) is 3. The highest BCUT2D eigenvalue weighted by molar-refractivity contribution is 5.85. The van der Waals surface area contributed by atoms with Crippen molar-refractivity contribution in [1.82, 2.24) is 14.7 Å².